The molecule has 1 aliphatic heterocycles. The highest BCUT2D eigenvalue weighted by Gasteiger charge is 2.30. The molecule has 8 nitrogen and oxygen atoms in total. The fourth-order valence-corrected chi connectivity index (χ4v) is 4.26. The number of carbonyl (C=O) groups is 2. The number of rotatable bonds is 8. The van der Waals surface area contributed by atoms with Crippen LogP contribution in [0.25, 0.3) is 0 Å². The summed E-state index contributed by atoms with van der Waals surface area (Å²) in [7, 11) is -3.55. The maximum Gasteiger partial charge on any atom is 0.243 e. The molecule has 1 aromatic rings. The SMILES string of the molecule is Cc1ccc(S(=O)(=O)N2CCN(C(=O)CCC(=O)NCCCN)CC2)cc1.Cl. The summed E-state index contributed by atoms with van der Waals surface area (Å²) in [6, 6.07) is 6.74. The summed E-state index contributed by atoms with van der Waals surface area (Å²) in [6.07, 6.45) is 0.960. The zero-order chi connectivity index (χ0) is 19.9. The first-order valence-electron chi connectivity index (χ1n) is 9.16. The first kappa shape index (κ1) is 24.4. The number of halogens is 1. The number of carbonyl (C=O) groups excluding carboxylic acids is 2. The van der Waals surface area contributed by atoms with Gasteiger partial charge in [0.05, 0.1) is 4.90 Å². The zero-order valence-electron chi connectivity index (χ0n) is 16.1. The van der Waals surface area contributed by atoms with Crippen LogP contribution in [-0.2, 0) is 19.6 Å². The van der Waals surface area contributed by atoms with Crippen molar-refractivity contribution in [3.63, 3.8) is 0 Å². The van der Waals surface area contributed by atoms with Gasteiger partial charge in [0.25, 0.3) is 0 Å². The van der Waals surface area contributed by atoms with Gasteiger partial charge in [0.2, 0.25) is 21.8 Å². The Morgan fingerprint density at radius 3 is 2.25 bits per heavy atom. The fraction of sp³-hybridized carbons (Fsp3) is 0.556. The average Bonchev–Trinajstić information content (AvgIpc) is 2.67. The number of nitrogens with zero attached hydrogens (tertiary/aromatic N) is 2. The molecule has 2 amide bonds. The monoisotopic (exact) mass is 432 g/mol. The molecule has 0 unspecified atom stereocenters. The van der Waals surface area contributed by atoms with Crippen molar-refractivity contribution in [2.45, 2.75) is 31.1 Å². The molecule has 1 heterocycles. The summed E-state index contributed by atoms with van der Waals surface area (Å²) in [4.78, 5) is 25.8. The van der Waals surface area contributed by atoms with E-state index in [4.69, 9.17) is 5.73 Å². The predicted molar refractivity (Wildman–Crippen MR) is 110 cm³/mol. The Kier molecular flexibility index (Phi) is 9.88. The van der Waals surface area contributed by atoms with E-state index < -0.39 is 10.0 Å². The first-order valence-corrected chi connectivity index (χ1v) is 10.6. The maximum absolute atomic E-state index is 12.7. The van der Waals surface area contributed by atoms with E-state index in [0.29, 0.717) is 32.6 Å². The van der Waals surface area contributed by atoms with Crippen LogP contribution in [0.2, 0.25) is 0 Å². The van der Waals surface area contributed by atoms with Crippen LogP contribution >= 0.6 is 12.4 Å². The molecule has 1 saturated heterocycles. The van der Waals surface area contributed by atoms with Gasteiger partial charge in [-0.1, -0.05) is 17.7 Å². The lowest BCUT2D eigenvalue weighted by molar-refractivity contribution is -0.134. The number of amides is 2. The molecule has 0 bridgehead atoms. The van der Waals surface area contributed by atoms with Gasteiger partial charge in [0.1, 0.15) is 0 Å². The normalized spacial score (nSPS) is 15.0. The van der Waals surface area contributed by atoms with Gasteiger partial charge in [0.15, 0.2) is 0 Å². The van der Waals surface area contributed by atoms with E-state index in [9.17, 15) is 18.0 Å². The number of benzene rings is 1. The Morgan fingerprint density at radius 2 is 1.68 bits per heavy atom. The topological polar surface area (TPSA) is 113 Å². The number of aryl methyl sites for hydroxylation is 1. The van der Waals surface area contributed by atoms with Gasteiger partial charge in [-0.25, -0.2) is 8.42 Å². The summed E-state index contributed by atoms with van der Waals surface area (Å²) in [5.74, 6) is -0.297. The average molecular weight is 433 g/mol. The van der Waals surface area contributed by atoms with Crippen molar-refractivity contribution >= 4 is 34.2 Å². The zero-order valence-corrected chi connectivity index (χ0v) is 17.7. The minimum atomic E-state index is -3.55. The molecule has 0 aliphatic carbocycles. The molecule has 158 valence electrons. The van der Waals surface area contributed by atoms with E-state index in [-0.39, 0.29) is 55.0 Å². The van der Waals surface area contributed by atoms with E-state index in [0.717, 1.165) is 5.56 Å². The van der Waals surface area contributed by atoms with Gasteiger partial charge in [-0.15, -0.1) is 12.4 Å². The largest absolute Gasteiger partial charge is 0.356 e. The van der Waals surface area contributed by atoms with Gasteiger partial charge in [-0.05, 0) is 32.0 Å². The van der Waals surface area contributed by atoms with Gasteiger partial charge in [-0.3, -0.25) is 9.59 Å². The molecule has 28 heavy (non-hydrogen) atoms. The van der Waals surface area contributed by atoms with Crippen LogP contribution in [0.15, 0.2) is 29.2 Å². The molecule has 1 aliphatic rings. The van der Waals surface area contributed by atoms with Gasteiger partial charge < -0.3 is 16.0 Å². The summed E-state index contributed by atoms with van der Waals surface area (Å²) >= 11 is 0. The van der Waals surface area contributed by atoms with Crippen molar-refractivity contribution in [1.29, 1.82) is 0 Å². The van der Waals surface area contributed by atoms with Crippen molar-refractivity contribution < 1.29 is 18.0 Å². The van der Waals surface area contributed by atoms with E-state index in [1.54, 1.807) is 29.2 Å². The summed E-state index contributed by atoms with van der Waals surface area (Å²) in [5.41, 5.74) is 6.36. The molecule has 0 saturated carbocycles. The quantitative estimate of drug-likeness (QED) is 0.580. The van der Waals surface area contributed by atoms with Gasteiger partial charge in [0, 0.05) is 45.6 Å². The lowest BCUT2D eigenvalue weighted by atomic mass is 10.2. The minimum Gasteiger partial charge on any atom is -0.356 e. The smallest absolute Gasteiger partial charge is 0.243 e. The highest BCUT2D eigenvalue weighted by atomic mass is 35.5. The molecular formula is C18H29ClN4O4S. The van der Waals surface area contributed by atoms with Crippen molar-refractivity contribution in [3.05, 3.63) is 29.8 Å². The molecular weight excluding hydrogens is 404 g/mol. The van der Waals surface area contributed by atoms with Crippen LogP contribution in [0.5, 0.6) is 0 Å². The molecule has 0 aromatic heterocycles. The molecule has 10 heteroatoms. The van der Waals surface area contributed by atoms with E-state index in [1.807, 2.05) is 6.92 Å². The Labute approximate surface area is 172 Å². The summed E-state index contributed by atoms with van der Waals surface area (Å²) in [5, 5.41) is 2.71. The van der Waals surface area contributed by atoms with Gasteiger partial charge in [-0.2, -0.15) is 4.31 Å². The molecule has 1 aromatic carbocycles. The van der Waals surface area contributed by atoms with E-state index >= 15 is 0 Å². The number of sulfonamides is 1. The standard InChI is InChI=1S/C18H28N4O4S.ClH/c1-15-3-5-16(6-4-15)27(25,26)22-13-11-21(12-14-22)18(24)8-7-17(23)20-10-2-9-19;/h3-6H,2,7-14,19H2,1H3,(H,20,23);1H. The molecule has 2 rings (SSSR count). The summed E-state index contributed by atoms with van der Waals surface area (Å²) < 4.78 is 26.8. The third-order valence-corrected chi connectivity index (χ3v) is 6.43. The third-order valence-electron chi connectivity index (χ3n) is 4.52. The van der Waals surface area contributed by atoms with E-state index in [2.05, 4.69) is 5.32 Å². The third kappa shape index (κ3) is 6.73. The van der Waals surface area contributed by atoms with Crippen molar-refractivity contribution in [1.82, 2.24) is 14.5 Å². The Hall–Kier alpha value is -1.68. The number of nitrogens with one attached hydrogen (secondary N) is 1. The highest BCUT2D eigenvalue weighted by molar-refractivity contribution is 7.89. The molecule has 3 N–H and O–H groups in total. The second kappa shape index (κ2) is 11.4. The predicted octanol–water partition coefficient (Wildman–Crippen LogP) is 0.495. The molecule has 0 radical (unpaired) electrons. The Morgan fingerprint density at radius 1 is 1.07 bits per heavy atom. The second-order valence-corrected chi connectivity index (χ2v) is 8.53. The number of nitrogens with two attached hydrogens (primary N) is 1. The van der Waals surface area contributed by atoms with Crippen LogP contribution in [0, 0.1) is 6.92 Å². The van der Waals surface area contributed by atoms with Crippen molar-refractivity contribution in [2.75, 3.05) is 39.3 Å². The van der Waals surface area contributed by atoms with Gasteiger partial charge >= 0.3 is 0 Å². The van der Waals surface area contributed by atoms with Crippen molar-refractivity contribution in [3.8, 4) is 0 Å². The Balaban J connectivity index is 0.00000392. The maximum atomic E-state index is 12.7. The molecule has 0 spiro atoms. The number of hydrogen-bond acceptors (Lipinski definition) is 5. The van der Waals surface area contributed by atoms with Crippen molar-refractivity contribution in [2.24, 2.45) is 5.73 Å². The van der Waals surface area contributed by atoms with Crippen LogP contribution in [0.4, 0.5) is 0 Å². The van der Waals surface area contributed by atoms with E-state index in [1.165, 1.54) is 4.31 Å². The van der Waals surface area contributed by atoms with Crippen LogP contribution < -0.4 is 11.1 Å². The minimum absolute atomic E-state index is 0. The fourth-order valence-electron chi connectivity index (χ4n) is 2.83. The Bertz CT molecular complexity index is 747. The van der Waals surface area contributed by atoms with Crippen LogP contribution in [0.3, 0.4) is 0 Å². The molecule has 1 fully saturated rings. The lowest BCUT2D eigenvalue weighted by Gasteiger charge is -2.34. The van der Waals surface area contributed by atoms with Crippen LogP contribution in [-0.4, -0.2) is 68.7 Å². The van der Waals surface area contributed by atoms with Crippen LogP contribution in [0.1, 0.15) is 24.8 Å². The second-order valence-electron chi connectivity index (χ2n) is 6.59. The number of hydrogen-bond donors (Lipinski definition) is 2. The lowest BCUT2D eigenvalue weighted by Crippen LogP contribution is -2.50. The highest BCUT2D eigenvalue weighted by Crippen LogP contribution is 2.18. The molecule has 0 atom stereocenters. The number of piperazine rings is 1. The first-order chi connectivity index (χ1) is 12.8. The summed E-state index contributed by atoms with van der Waals surface area (Å²) in [6.45, 7) is 4.10.